The SMILES string of the molecule is CC(=O)N(C)Cc1ccccc1NC(=O)c1ccc(-c2cccc(C(F)(F)F)c2)o1. The Morgan fingerprint density at radius 1 is 1.03 bits per heavy atom. The summed E-state index contributed by atoms with van der Waals surface area (Å²) in [5.41, 5.74) is 0.652. The van der Waals surface area contributed by atoms with Gasteiger partial charge >= 0.3 is 6.18 Å². The van der Waals surface area contributed by atoms with Gasteiger partial charge in [-0.1, -0.05) is 30.3 Å². The number of rotatable bonds is 5. The molecule has 0 saturated carbocycles. The van der Waals surface area contributed by atoms with Crippen LogP contribution in [0.5, 0.6) is 0 Å². The van der Waals surface area contributed by atoms with Crippen molar-refractivity contribution < 1.29 is 27.2 Å². The molecule has 2 amide bonds. The van der Waals surface area contributed by atoms with Gasteiger partial charge in [0.25, 0.3) is 5.91 Å². The Bertz CT molecular complexity index is 1070. The Morgan fingerprint density at radius 3 is 2.47 bits per heavy atom. The summed E-state index contributed by atoms with van der Waals surface area (Å²) in [6.45, 7) is 1.75. The van der Waals surface area contributed by atoms with Crippen molar-refractivity contribution in [2.24, 2.45) is 0 Å². The van der Waals surface area contributed by atoms with Crippen LogP contribution < -0.4 is 5.32 Å². The molecule has 0 aliphatic carbocycles. The Morgan fingerprint density at radius 2 is 1.77 bits per heavy atom. The quantitative estimate of drug-likeness (QED) is 0.622. The van der Waals surface area contributed by atoms with Crippen LogP contribution in [0.15, 0.2) is 65.1 Å². The van der Waals surface area contributed by atoms with Crippen LogP contribution in [0.25, 0.3) is 11.3 Å². The molecule has 0 radical (unpaired) electrons. The minimum atomic E-state index is -4.47. The van der Waals surface area contributed by atoms with Crippen LogP contribution in [-0.4, -0.2) is 23.8 Å². The highest BCUT2D eigenvalue weighted by molar-refractivity contribution is 6.03. The number of alkyl halides is 3. The molecule has 0 aliphatic heterocycles. The van der Waals surface area contributed by atoms with Crippen molar-refractivity contribution in [2.75, 3.05) is 12.4 Å². The second-order valence-electron chi connectivity index (χ2n) is 6.73. The van der Waals surface area contributed by atoms with E-state index in [2.05, 4.69) is 5.32 Å². The van der Waals surface area contributed by atoms with Crippen molar-refractivity contribution in [3.63, 3.8) is 0 Å². The molecular weight excluding hydrogens is 397 g/mol. The maximum absolute atomic E-state index is 12.9. The average molecular weight is 416 g/mol. The predicted molar refractivity (Wildman–Crippen MR) is 106 cm³/mol. The Hall–Kier alpha value is -3.55. The fourth-order valence-electron chi connectivity index (χ4n) is 2.79. The molecular formula is C22H19F3N2O3. The second kappa shape index (κ2) is 8.44. The number of nitrogens with one attached hydrogen (secondary N) is 1. The molecule has 3 aromatic rings. The van der Waals surface area contributed by atoms with Gasteiger partial charge in [0.1, 0.15) is 5.76 Å². The van der Waals surface area contributed by atoms with E-state index in [9.17, 15) is 22.8 Å². The smallest absolute Gasteiger partial charge is 0.416 e. The van der Waals surface area contributed by atoms with E-state index in [1.54, 1.807) is 31.3 Å². The van der Waals surface area contributed by atoms with Gasteiger partial charge in [-0.2, -0.15) is 13.2 Å². The Balaban J connectivity index is 1.79. The molecule has 1 N–H and O–H groups in total. The highest BCUT2D eigenvalue weighted by Crippen LogP contribution is 2.32. The van der Waals surface area contributed by atoms with Gasteiger partial charge < -0.3 is 14.6 Å². The summed E-state index contributed by atoms with van der Waals surface area (Å²) in [4.78, 5) is 25.6. The fourth-order valence-corrected chi connectivity index (χ4v) is 2.79. The van der Waals surface area contributed by atoms with Crippen LogP contribution >= 0.6 is 0 Å². The van der Waals surface area contributed by atoms with E-state index in [1.807, 2.05) is 0 Å². The van der Waals surface area contributed by atoms with Gasteiger partial charge in [0.15, 0.2) is 5.76 Å². The minimum absolute atomic E-state index is 0.0443. The van der Waals surface area contributed by atoms with E-state index >= 15 is 0 Å². The number of anilines is 1. The molecule has 0 aliphatic rings. The van der Waals surface area contributed by atoms with Gasteiger partial charge in [0, 0.05) is 31.8 Å². The molecule has 0 bridgehead atoms. The number of hydrogen-bond acceptors (Lipinski definition) is 3. The molecule has 0 unspecified atom stereocenters. The number of carbonyl (C=O) groups is 2. The molecule has 5 nitrogen and oxygen atoms in total. The standard InChI is InChI=1S/C22H19F3N2O3/c1-14(28)27(2)13-16-6-3-4-9-18(16)26-21(29)20-11-10-19(30-20)15-7-5-8-17(12-15)22(23,24)25/h3-12H,13H2,1-2H3,(H,26,29). The molecule has 8 heteroatoms. The van der Waals surface area contributed by atoms with Crippen LogP contribution in [0.1, 0.15) is 28.6 Å². The maximum atomic E-state index is 12.9. The third-order valence-corrected chi connectivity index (χ3v) is 4.51. The van der Waals surface area contributed by atoms with Gasteiger partial charge in [-0.15, -0.1) is 0 Å². The number of amides is 2. The highest BCUT2D eigenvalue weighted by Gasteiger charge is 2.30. The molecule has 0 saturated heterocycles. The number of furan rings is 1. The van der Waals surface area contributed by atoms with Crippen LogP contribution in [0, 0.1) is 0 Å². The van der Waals surface area contributed by atoms with E-state index in [-0.39, 0.29) is 23.0 Å². The number of benzene rings is 2. The number of hydrogen-bond donors (Lipinski definition) is 1. The van der Waals surface area contributed by atoms with E-state index in [1.165, 1.54) is 36.1 Å². The maximum Gasteiger partial charge on any atom is 0.416 e. The molecule has 0 spiro atoms. The lowest BCUT2D eigenvalue weighted by Gasteiger charge is -2.17. The molecule has 30 heavy (non-hydrogen) atoms. The highest BCUT2D eigenvalue weighted by atomic mass is 19.4. The van der Waals surface area contributed by atoms with Crippen molar-refractivity contribution in [1.82, 2.24) is 4.90 Å². The first-order valence-corrected chi connectivity index (χ1v) is 9.03. The molecule has 0 atom stereocenters. The van der Waals surface area contributed by atoms with E-state index < -0.39 is 17.6 Å². The van der Waals surface area contributed by atoms with Crippen molar-refractivity contribution in [3.8, 4) is 11.3 Å². The van der Waals surface area contributed by atoms with Crippen LogP contribution in [-0.2, 0) is 17.5 Å². The van der Waals surface area contributed by atoms with Crippen molar-refractivity contribution in [3.05, 3.63) is 77.6 Å². The minimum Gasteiger partial charge on any atom is -0.451 e. The van der Waals surface area contributed by atoms with Gasteiger partial charge in [-0.3, -0.25) is 9.59 Å². The van der Waals surface area contributed by atoms with Crippen molar-refractivity contribution >= 4 is 17.5 Å². The van der Waals surface area contributed by atoms with E-state index in [4.69, 9.17) is 4.42 Å². The summed E-state index contributed by atoms with van der Waals surface area (Å²) in [5.74, 6) is -0.563. The van der Waals surface area contributed by atoms with Crippen molar-refractivity contribution in [2.45, 2.75) is 19.6 Å². The summed E-state index contributed by atoms with van der Waals surface area (Å²) in [6, 6.07) is 14.5. The predicted octanol–water partition coefficient (Wildman–Crippen LogP) is 5.20. The lowest BCUT2D eigenvalue weighted by molar-refractivity contribution is -0.137. The monoisotopic (exact) mass is 416 g/mol. The summed E-state index contributed by atoms with van der Waals surface area (Å²) >= 11 is 0. The molecule has 156 valence electrons. The van der Waals surface area contributed by atoms with E-state index in [0.717, 1.165) is 17.7 Å². The zero-order valence-corrected chi connectivity index (χ0v) is 16.3. The number of para-hydroxylation sites is 1. The first-order valence-electron chi connectivity index (χ1n) is 9.03. The van der Waals surface area contributed by atoms with Crippen LogP contribution in [0.3, 0.4) is 0 Å². The first kappa shape index (κ1) is 21.2. The van der Waals surface area contributed by atoms with Gasteiger partial charge in [0.05, 0.1) is 5.56 Å². The summed E-state index contributed by atoms with van der Waals surface area (Å²) in [5, 5.41) is 2.72. The molecule has 1 aromatic heterocycles. The number of nitrogens with zero attached hydrogens (tertiary/aromatic N) is 1. The topological polar surface area (TPSA) is 62.6 Å². The zero-order chi connectivity index (χ0) is 21.9. The zero-order valence-electron chi connectivity index (χ0n) is 16.3. The van der Waals surface area contributed by atoms with Crippen molar-refractivity contribution in [1.29, 1.82) is 0 Å². The third-order valence-electron chi connectivity index (χ3n) is 4.51. The van der Waals surface area contributed by atoms with Gasteiger partial charge in [-0.25, -0.2) is 0 Å². The van der Waals surface area contributed by atoms with Gasteiger partial charge in [0.2, 0.25) is 5.91 Å². The van der Waals surface area contributed by atoms with Crippen LogP contribution in [0.2, 0.25) is 0 Å². The summed E-state index contributed by atoms with van der Waals surface area (Å²) < 4.78 is 44.2. The molecule has 3 rings (SSSR count). The normalized spacial score (nSPS) is 11.2. The summed E-state index contributed by atoms with van der Waals surface area (Å²) in [7, 11) is 1.65. The molecule has 1 heterocycles. The third kappa shape index (κ3) is 4.89. The van der Waals surface area contributed by atoms with Crippen LogP contribution in [0.4, 0.5) is 18.9 Å². The lowest BCUT2D eigenvalue weighted by atomic mass is 10.1. The second-order valence-corrected chi connectivity index (χ2v) is 6.73. The number of carbonyl (C=O) groups excluding carboxylic acids is 2. The summed E-state index contributed by atoms with van der Waals surface area (Å²) in [6.07, 6.45) is -4.47. The lowest BCUT2D eigenvalue weighted by Crippen LogP contribution is -2.24. The van der Waals surface area contributed by atoms with E-state index in [0.29, 0.717) is 12.2 Å². The Kier molecular flexibility index (Phi) is 5.96. The number of halogens is 3. The fraction of sp³-hybridized carbons (Fsp3) is 0.182. The molecule has 0 fully saturated rings. The molecule has 2 aromatic carbocycles. The average Bonchev–Trinajstić information content (AvgIpc) is 3.19. The first-order chi connectivity index (χ1) is 14.1. The van der Waals surface area contributed by atoms with Gasteiger partial charge in [-0.05, 0) is 35.9 Å². The largest absolute Gasteiger partial charge is 0.451 e. The Labute approximate surface area is 171 Å².